The number of amides is 1. The summed E-state index contributed by atoms with van der Waals surface area (Å²) in [6, 6.07) is 8.69. The van der Waals surface area contributed by atoms with E-state index in [1.54, 1.807) is 49.5 Å². The van der Waals surface area contributed by atoms with Crippen LogP contribution in [0.25, 0.3) is 0 Å². The van der Waals surface area contributed by atoms with E-state index in [1.165, 1.54) is 18.9 Å². The Morgan fingerprint density at radius 3 is 2.67 bits per heavy atom. The number of hydrogen-bond acceptors (Lipinski definition) is 8. The second-order valence-electron chi connectivity index (χ2n) is 6.04. The number of esters is 1. The van der Waals surface area contributed by atoms with Crippen LogP contribution in [0.1, 0.15) is 16.3 Å². The molecular weight excluding hydrogens is 410 g/mol. The first-order valence-electron chi connectivity index (χ1n) is 8.86. The van der Waals surface area contributed by atoms with Crippen molar-refractivity contribution in [2.24, 2.45) is 0 Å². The molecule has 0 atom stereocenters. The largest absolute Gasteiger partial charge is 0.493 e. The summed E-state index contributed by atoms with van der Waals surface area (Å²) in [6.07, 6.45) is 3.22. The summed E-state index contributed by atoms with van der Waals surface area (Å²) in [7, 11) is 4.42. The van der Waals surface area contributed by atoms with Gasteiger partial charge in [-0.05, 0) is 30.3 Å². The monoisotopic (exact) mass is 431 g/mol. The topological polar surface area (TPSA) is 105 Å². The zero-order chi connectivity index (χ0) is 21.5. The van der Waals surface area contributed by atoms with Gasteiger partial charge in [-0.25, -0.2) is 4.79 Å². The summed E-state index contributed by atoms with van der Waals surface area (Å²) >= 11 is 1.38. The number of hydrogen-bond donors (Lipinski definition) is 1. The summed E-state index contributed by atoms with van der Waals surface area (Å²) in [5, 5.41) is 6.99. The number of thioether (sulfide) groups is 1. The molecule has 0 aliphatic rings. The Labute approximate surface area is 177 Å². The van der Waals surface area contributed by atoms with Crippen molar-refractivity contribution in [1.29, 1.82) is 0 Å². The second kappa shape index (κ2) is 9.88. The van der Waals surface area contributed by atoms with Crippen molar-refractivity contribution in [3.8, 4) is 11.5 Å². The van der Waals surface area contributed by atoms with Gasteiger partial charge in [0.15, 0.2) is 11.5 Å². The van der Waals surface area contributed by atoms with Crippen molar-refractivity contribution in [2.75, 3.05) is 32.4 Å². The minimum atomic E-state index is -0.540. The van der Waals surface area contributed by atoms with Gasteiger partial charge >= 0.3 is 5.97 Å². The van der Waals surface area contributed by atoms with Crippen LogP contribution in [0.3, 0.4) is 0 Å². The lowest BCUT2D eigenvalue weighted by atomic mass is 10.3. The highest BCUT2D eigenvalue weighted by Gasteiger charge is 2.12. The molecule has 1 amide bonds. The molecule has 0 aliphatic carbocycles. The van der Waals surface area contributed by atoms with E-state index < -0.39 is 5.97 Å². The molecule has 0 saturated heterocycles. The van der Waals surface area contributed by atoms with E-state index in [0.29, 0.717) is 29.5 Å². The summed E-state index contributed by atoms with van der Waals surface area (Å²) in [5.41, 5.74) is 0.563. The molecule has 2 heterocycles. The van der Waals surface area contributed by atoms with Gasteiger partial charge in [0.1, 0.15) is 5.76 Å². The van der Waals surface area contributed by atoms with Crippen molar-refractivity contribution in [3.05, 3.63) is 54.2 Å². The molecular formula is C20H21N3O6S. The Balaban J connectivity index is 1.52. The van der Waals surface area contributed by atoms with Gasteiger partial charge in [0.05, 0.1) is 45.5 Å². The molecule has 0 fully saturated rings. The van der Waals surface area contributed by atoms with Crippen LogP contribution in [0.15, 0.2) is 52.0 Å². The predicted molar refractivity (Wildman–Crippen MR) is 110 cm³/mol. The summed E-state index contributed by atoms with van der Waals surface area (Å²) < 4.78 is 22.1. The quantitative estimate of drug-likeness (QED) is 0.407. The van der Waals surface area contributed by atoms with E-state index in [-0.39, 0.29) is 17.4 Å². The molecule has 158 valence electrons. The van der Waals surface area contributed by atoms with Crippen LogP contribution in [0.5, 0.6) is 11.5 Å². The maximum Gasteiger partial charge on any atom is 0.373 e. The standard InChI is InChI=1S/C20H21N3O6S/c1-26-16-7-5-15(8-18(16)27-2)30-12-19(24)22-13-9-21-23(10-13)11-14-4-6-17(29-14)20(25)28-3/h4-10H,11-12H2,1-3H3,(H,22,24). The first-order chi connectivity index (χ1) is 14.5. The molecule has 0 bridgehead atoms. The number of nitrogens with one attached hydrogen (secondary N) is 1. The highest BCUT2D eigenvalue weighted by atomic mass is 32.2. The molecule has 0 spiro atoms. The van der Waals surface area contributed by atoms with Crippen molar-refractivity contribution in [2.45, 2.75) is 11.4 Å². The fourth-order valence-corrected chi connectivity index (χ4v) is 3.32. The molecule has 30 heavy (non-hydrogen) atoms. The fourth-order valence-electron chi connectivity index (χ4n) is 2.60. The molecule has 10 heteroatoms. The van der Waals surface area contributed by atoms with Gasteiger partial charge in [0.25, 0.3) is 0 Å². The minimum Gasteiger partial charge on any atom is -0.493 e. The van der Waals surface area contributed by atoms with E-state index in [2.05, 4.69) is 15.2 Å². The number of aromatic nitrogens is 2. The lowest BCUT2D eigenvalue weighted by Gasteiger charge is -2.09. The van der Waals surface area contributed by atoms with Crippen LogP contribution in [-0.4, -0.2) is 48.7 Å². The highest BCUT2D eigenvalue weighted by Crippen LogP contribution is 2.31. The van der Waals surface area contributed by atoms with E-state index >= 15 is 0 Å². The molecule has 1 N–H and O–H groups in total. The molecule has 0 unspecified atom stereocenters. The first-order valence-corrected chi connectivity index (χ1v) is 9.85. The lowest BCUT2D eigenvalue weighted by Crippen LogP contribution is -2.13. The molecule has 3 rings (SSSR count). The average Bonchev–Trinajstić information content (AvgIpc) is 3.41. The number of carbonyl (C=O) groups excluding carboxylic acids is 2. The maximum absolute atomic E-state index is 12.2. The Morgan fingerprint density at radius 1 is 1.13 bits per heavy atom. The zero-order valence-electron chi connectivity index (χ0n) is 16.7. The van der Waals surface area contributed by atoms with Crippen LogP contribution in [0.2, 0.25) is 0 Å². The Kier molecular flexibility index (Phi) is 7.02. The summed E-state index contributed by atoms with van der Waals surface area (Å²) in [4.78, 5) is 24.6. The average molecular weight is 431 g/mol. The van der Waals surface area contributed by atoms with Crippen molar-refractivity contribution in [1.82, 2.24) is 9.78 Å². The van der Waals surface area contributed by atoms with Gasteiger partial charge in [-0.15, -0.1) is 11.8 Å². The van der Waals surface area contributed by atoms with E-state index in [1.807, 2.05) is 12.1 Å². The number of nitrogens with zero attached hydrogens (tertiary/aromatic N) is 2. The van der Waals surface area contributed by atoms with E-state index in [4.69, 9.17) is 13.9 Å². The van der Waals surface area contributed by atoms with Crippen LogP contribution in [0.4, 0.5) is 5.69 Å². The molecule has 1 aromatic carbocycles. The maximum atomic E-state index is 12.2. The number of ether oxygens (including phenoxy) is 3. The van der Waals surface area contributed by atoms with Crippen LogP contribution in [-0.2, 0) is 16.1 Å². The highest BCUT2D eigenvalue weighted by molar-refractivity contribution is 8.00. The third-order valence-electron chi connectivity index (χ3n) is 4.01. The van der Waals surface area contributed by atoms with E-state index in [9.17, 15) is 9.59 Å². The zero-order valence-corrected chi connectivity index (χ0v) is 17.5. The molecule has 2 aromatic heterocycles. The van der Waals surface area contributed by atoms with Crippen molar-refractivity contribution in [3.63, 3.8) is 0 Å². The number of methoxy groups -OCH3 is 3. The Bertz CT molecular complexity index is 1030. The van der Waals surface area contributed by atoms with Crippen molar-refractivity contribution < 1.29 is 28.2 Å². The second-order valence-corrected chi connectivity index (χ2v) is 7.09. The SMILES string of the molecule is COC(=O)c1ccc(Cn2cc(NC(=O)CSc3ccc(OC)c(OC)c3)cn2)o1. The predicted octanol–water partition coefficient (Wildman–Crippen LogP) is 3.06. The summed E-state index contributed by atoms with van der Waals surface area (Å²) in [5.74, 6) is 1.43. The van der Waals surface area contributed by atoms with Gasteiger partial charge in [-0.2, -0.15) is 5.10 Å². The molecule has 0 radical (unpaired) electrons. The number of anilines is 1. The number of carbonyl (C=O) groups is 2. The third kappa shape index (κ3) is 5.35. The number of furan rings is 1. The van der Waals surface area contributed by atoms with E-state index in [0.717, 1.165) is 4.90 Å². The van der Waals surface area contributed by atoms with Crippen LogP contribution < -0.4 is 14.8 Å². The normalized spacial score (nSPS) is 10.5. The van der Waals surface area contributed by atoms with Crippen LogP contribution >= 0.6 is 11.8 Å². The molecule has 9 nitrogen and oxygen atoms in total. The van der Waals surface area contributed by atoms with Crippen molar-refractivity contribution >= 4 is 29.3 Å². The van der Waals surface area contributed by atoms with Gasteiger partial charge in [0.2, 0.25) is 11.7 Å². The number of benzene rings is 1. The van der Waals surface area contributed by atoms with Crippen LogP contribution in [0, 0.1) is 0 Å². The Morgan fingerprint density at radius 2 is 1.93 bits per heavy atom. The molecule has 0 aliphatic heterocycles. The van der Waals surface area contributed by atoms with Gasteiger partial charge in [0, 0.05) is 11.1 Å². The lowest BCUT2D eigenvalue weighted by molar-refractivity contribution is -0.113. The Hall–Kier alpha value is -3.40. The first kappa shape index (κ1) is 21.3. The fraction of sp³-hybridized carbons (Fsp3) is 0.250. The number of rotatable bonds is 9. The van der Waals surface area contributed by atoms with Gasteiger partial charge in [-0.1, -0.05) is 0 Å². The molecule has 3 aromatic rings. The van der Waals surface area contributed by atoms with Gasteiger partial charge in [-0.3, -0.25) is 9.48 Å². The minimum absolute atomic E-state index is 0.125. The summed E-state index contributed by atoms with van der Waals surface area (Å²) in [6.45, 7) is 0.313. The third-order valence-corrected chi connectivity index (χ3v) is 5.00. The smallest absolute Gasteiger partial charge is 0.373 e. The van der Waals surface area contributed by atoms with Gasteiger partial charge < -0.3 is 23.9 Å². The molecule has 0 saturated carbocycles.